The molecule has 1 heterocycles. The molecule has 0 aliphatic heterocycles. The Morgan fingerprint density at radius 2 is 2.05 bits per heavy atom. The Kier molecular flexibility index (Phi) is 4.86. The first-order chi connectivity index (χ1) is 9.56. The molecule has 20 heavy (non-hydrogen) atoms. The number of aryl methyl sites for hydroxylation is 1. The Bertz CT molecular complexity index is 640. The van der Waals surface area contributed by atoms with Crippen LogP contribution in [0.25, 0.3) is 0 Å². The molecular formula is C13H13N3O2S2. The number of nitrogens with one attached hydrogen (secondary N) is 1. The maximum absolute atomic E-state index is 12.0. The Labute approximate surface area is 124 Å². The molecule has 0 spiro atoms. The summed E-state index contributed by atoms with van der Waals surface area (Å²) in [5.74, 6) is 0.121. The third-order valence-corrected chi connectivity index (χ3v) is 4.59. The number of ketones is 1. The number of rotatable bonds is 5. The fourth-order valence-electron chi connectivity index (χ4n) is 1.41. The molecule has 0 atom stereocenters. The molecule has 0 bridgehead atoms. The van der Waals surface area contributed by atoms with Crippen LogP contribution in [0.2, 0.25) is 0 Å². The fraction of sp³-hybridized carbons (Fsp3) is 0.231. The third kappa shape index (κ3) is 3.88. The first-order valence-corrected chi connectivity index (χ1v) is 7.69. The summed E-state index contributed by atoms with van der Waals surface area (Å²) in [6.45, 7) is 3.43. The van der Waals surface area contributed by atoms with Crippen LogP contribution >= 0.6 is 23.1 Å². The van der Waals surface area contributed by atoms with Crippen molar-refractivity contribution in [3.05, 3.63) is 34.8 Å². The monoisotopic (exact) mass is 307 g/mol. The molecule has 0 aliphatic carbocycles. The summed E-state index contributed by atoms with van der Waals surface area (Å²) < 4.78 is 0.620. The highest BCUT2D eigenvalue weighted by atomic mass is 32.2. The normalized spacial score (nSPS) is 10.3. The number of Topliss-reactive ketones (excluding diaryl/α,β-unsaturated/α-hetero) is 1. The van der Waals surface area contributed by atoms with Crippen molar-refractivity contribution < 1.29 is 9.59 Å². The summed E-state index contributed by atoms with van der Waals surface area (Å²) in [7, 11) is 0. The Morgan fingerprint density at radius 1 is 1.30 bits per heavy atom. The van der Waals surface area contributed by atoms with Gasteiger partial charge < -0.3 is 5.32 Å². The van der Waals surface area contributed by atoms with Crippen LogP contribution < -0.4 is 5.32 Å². The second-order valence-electron chi connectivity index (χ2n) is 4.13. The summed E-state index contributed by atoms with van der Waals surface area (Å²) in [5.41, 5.74) is 1.74. The second kappa shape index (κ2) is 6.62. The van der Waals surface area contributed by atoms with Gasteiger partial charge in [-0.25, -0.2) is 0 Å². The van der Waals surface area contributed by atoms with E-state index in [2.05, 4.69) is 15.5 Å². The molecule has 0 saturated carbocycles. The van der Waals surface area contributed by atoms with Crippen LogP contribution in [0.15, 0.2) is 28.6 Å². The highest BCUT2D eigenvalue weighted by Gasteiger charge is 2.14. The quantitative estimate of drug-likeness (QED) is 0.860. The average molecular weight is 307 g/mol. The van der Waals surface area contributed by atoms with Gasteiger partial charge in [0.15, 0.2) is 4.34 Å². The van der Waals surface area contributed by atoms with Crippen molar-refractivity contribution in [2.75, 3.05) is 11.1 Å². The number of benzene rings is 1. The average Bonchev–Trinajstić information content (AvgIpc) is 2.88. The van der Waals surface area contributed by atoms with E-state index in [9.17, 15) is 9.59 Å². The summed E-state index contributed by atoms with van der Waals surface area (Å²) in [4.78, 5) is 22.9. The van der Waals surface area contributed by atoms with Gasteiger partial charge in [-0.2, -0.15) is 0 Å². The Hall–Kier alpha value is -1.73. The van der Waals surface area contributed by atoms with Crippen LogP contribution in [-0.4, -0.2) is 27.6 Å². The van der Waals surface area contributed by atoms with Gasteiger partial charge in [0.1, 0.15) is 5.78 Å². The van der Waals surface area contributed by atoms with E-state index in [0.717, 1.165) is 11.3 Å². The van der Waals surface area contributed by atoms with Crippen LogP contribution in [0.5, 0.6) is 0 Å². The van der Waals surface area contributed by atoms with Gasteiger partial charge in [-0.1, -0.05) is 41.3 Å². The number of carbonyl (C=O) groups is 2. The van der Waals surface area contributed by atoms with Crippen molar-refractivity contribution in [2.24, 2.45) is 0 Å². The lowest BCUT2D eigenvalue weighted by Gasteiger charge is -2.05. The van der Waals surface area contributed by atoms with Crippen LogP contribution in [0.3, 0.4) is 0 Å². The lowest BCUT2D eigenvalue weighted by Crippen LogP contribution is -2.12. The predicted octanol–water partition coefficient (Wildman–Crippen LogP) is 2.78. The molecule has 5 nitrogen and oxygen atoms in total. The minimum atomic E-state index is -0.286. The molecule has 0 unspecified atom stereocenters. The lowest BCUT2D eigenvalue weighted by molar-refractivity contribution is -0.114. The molecule has 1 N–H and O–H groups in total. The zero-order valence-corrected chi connectivity index (χ0v) is 12.7. The maximum atomic E-state index is 12.0. The van der Waals surface area contributed by atoms with Crippen molar-refractivity contribution in [3.8, 4) is 0 Å². The zero-order chi connectivity index (χ0) is 14.5. The number of amides is 1. The highest BCUT2D eigenvalue weighted by molar-refractivity contribution is 8.01. The Balaban J connectivity index is 2.03. The van der Waals surface area contributed by atoms with Crippen LogP contribution in [0, 0.1) is 6.92 Å². The van der Waals surface area contributed by atoms with Crippen molar-refractivity contribution in [3.63, 3.8) is 0 Å². The number of carbonyl (C=O) groups excluding carboxylic acids is 2. The van der Waals surface area contributed by atoms with Gasteiger partial charge in [0.25, 0.3) is 5.91 Å². The van der Waals surface area contributed by atoms with Crippen LogP contribution in [-0.2, 0) is 4.79 Å². The smallest absolute Gasteiger partial charge is 0.286 e. The second-order valence-corrected chi connectivity index (χ2v) is 6.33. The Morgan fingerprint density at radius 3 is 2.75 bits per heavy atom. The first kappa shape index (κ1) is 14.7. The minimum absolute atomic E-state index is 0.0658. The summed E-state index contributed by atoms with van der Waals surface area (Å²) in [6, 6.07) is 7.52. The molecule has 1 aromatic carbocycles. The molecule has 0 radical (unpaired) electrons. The van der Waals surface area contributed by atoms with Gasteiger partial charge in [0.05, 0.1) is 5.75 Å². The molecule has 7 heteroatoms. The number of anilines is 1. The van der Waals surface area contributed by atoms with E-state index in [1.807, 2.05) is 31.2 Å². The molecule has 104 valence electrons. The third-order valence-electron chi connectivity index (χ3n) is 2.39. The van der Waals surface area contributed by atoms with E-state index in [4.69, 9.17) is 0 Å². The van der Waals surface area contributed by atoms with E-state index >= 15 is 0 Å². The van der Waals surface area contributed by atoms with Crippen LogP contribution in [0.4, 0.5) is 5.69 Å². The summed E-state index contributed by atoms with van der Waals surface area (Å²) >= 11 is 2.48. The predicted molar refractivity (Wildman–Crippen MR) is 80.4 cm³/mol. The standard InChI is InChI=1S/C13H13N3O2S2/c1-8-5-3-4-6-10(8)14-11(18)12-15-16-13(20-12)19-7-9(2)17/h3-6H,7H2,1-2H3,(H,14,18). The van der Waals surface area contributed by atoms with E-state index in [1.165, 1.54) is 30.0 Å². The number of hydrogen-bond acceptors (Lipinski definition) is 6. The van der Waals surface area contributed by atoms with Gasteiger partial charge in [-0.05, 0) is 25.5 Å². The number of aromatic nitrogens is 2. The van der Waals surface area contributed by atoms with Crippen LogP contribution in [0.1, 0.15) is 22.3 Å². The van der Waals surface area contributed by atoms with Gasteiger partial charge in [-0.3, -0.25) is 9.59 Å². The molecule has 2 aromatic rings. The van der Waals surface area contributed by atoms with Crippen molar-refractivity contribution >= 4 is 40.5 Å². The number of nitrogens with zero attached hydrogens (tertiary/aromatic N) is 2. The van der Waals surface area contributed by atoms with Crippen molar-refractivity contribution in [2.45, 2.75) is 18.2 Å². The summed E-state index contributed by atoms with van der Waals surface area (Å²) in [5, 5.41) is 10.8. The SMILES string of the molecule is CC(=O)CSc1nnc(C(=O)Nc2ccccc2C)s1. The molecule has 0 saturated heterocycles. The molecule has 2 rings (SSSR count). The van der Waals surface area contributed by atoms with Gasteiger partial charge in [0, 0.05) is 5.69 Å². The zero-order valence-electron chi connectivity index (χ0n) is 11.0. The van der Waals surface area contributed by atoms with Crippen molar-refractivity contribution in [1.29, 1.82) is 0 Å². The molecule has 0 aliphatic rings. The maximum Gasteiger partial charge on any atom is 0.286 e. The van der Waals surface area contributed by atoms with Gasteiger partial charge >= 0.3 is 0 Å². The largest absolute Gasteiger partial charge is 0.320 e. The molecular weight excluding hydrogens is 294 g/mol. The first-order valence-electron chi connectivity index (χ1n) is 5.89. The molecule has 0 fully saturated rings. The van der Waals surface area contributed by atoms with E-state index in [-0.39, 0.29) is 11.7 Å². The minimum Gasteiger partial charge on any atom is -0.320 e. The lowest BCUT2D eigenvalue weighted by atomic mass is 10.2. The van der Waals surface area contributed by atoms with E-state index in [1.54, 1.807) is 0 Å². The molecule has 1 amide bonds. The van der Waals surface area contributed by atoms with E-state index < -0.39 is 0 Å². The van der Waals surface area contributed by atoms with Gasteiger partial charge in [0.2, 0.25) is 5.01 Å². The van der Waals surface area contributed by atoms with Crippen molar-refractivity contribution in [1.82, 2.24) is 10.2 Å². The molecule has 1 aromatic heterocycles. The topological polar surface area (TPSA) is 72.0 Å². The van der Waals surface area contributed by atoms with E-state index in [0.29, 0.717) is 15.1 Å². The summed E-state index contributed by atoms with van der Waals surface area (Å²) in [6.07, 6.45) is 0. The fourth-order valence-corrected chi connectivity index (χ4v) is 2.96. The number of para-hydroxylation sites is 1. The van der Waals surface area contributed by atoms with Gasteiger partial charge in [-0.15, -0.1) is 10.2 Å². The number of hydrogen-bond donors (Lipinski definition) is 1. The number of thioether (sulfide) groups is 1. The highest BCUT2D eigenvalue weighted by Crippen LogP contribution is 2.23.